The number of amides is 2. The molecule has 3 aromatic carbocycles. The summed E-state index contributed by atoms with van der Waals surface area (Å²) in [6.45, 7) is 1.99. The van der Waals surface area contributed by atoms with E-state index in [0.717, 1.165) is 12.3 Å². The average Bonchev–Trinajstić information content (AvgIpc) is 3.22. The largest absolute Gasteiger partial charge is 0.488 e. The Hall–Kier alpha value is -4.42. The monoisotopic (exact) mass is 614 g/mol. The van der Waals surface area contributed by atoms with E-state index < -0.39 is 27.6 Å². The Labute approximate surface area is 245 Å². The van der Waals surface area contributed by atoms with E-state index in [4.69, 9.17) is 16.3 Å². The minimum Gasteiger partial charge on any atom is -0.488 e. The standard InChI is InChI=1S/C29H25ClF2N4O5S/c1-17(37)36-7-6-35-15-19(29(38)33-23-11-20(30)12-24(14-23)34-42(2,39)40)10-26(35)28-25(36)4-3-5-27(28)41-16-18-8-21(31)13-22(32)9-18/h3-5,8-15,34H,6-7,16H2,1-2H3,(H,33,38). The van der Waals surface area contributed by atoms with Gasteiger partial charge in [-0.2, -0.15) is 0 Å². The highest BCUT2D eigenvalue weighted by Gasteiger charge is 2.27. The van der Waals surface area contributed by atoms with Crippen LogP contribution < -0.4 is 19.7 Å². The fraction of sp³-hybridized carbons (Fsp3) is 0.172. The highest BCUT2D eigenvalue weighted by Crippen LogP contribution is 2.42. The van der Waals surface area contributed by atoms with Crippen molar-refractivity contribution in [2.75, 3.05) is 27.7 Å². The van der Waals surface area contributed by atoms with Gasteiger partial charge < -0.3 is 19.5 Å². The molecule has 2 heterocycles. The van der Waals surface area contributed by atoms with Gasteiger partial charge in [-0.3, -0.25) is 14.3 Å². The lowest BCUT2D eigenvalue weighted by molar-refractivity contribution is -0.116. The number of benzene rings is 3. The number of fused-ring (bicyclic) bond motifs is 3. The van der Waals surface area contributed by atoms with Crippen LogP contribution in [0.2, 0.25) is 5.02 Å². The number of nitrogens with zero attached hydrogens (tertiary/aromatic N) is 2. The predicted molar refractivity (Wildman–Crippen MR) is 156 cm³/mol. The minimum atomic E-state index is -3.57. The van der Waals surface area contributed by atoms with Gasteiger partial charge in [0.2, 0.25) is 15.9 Å². The molecule has 2 N–H and O–H groups in total. The van der Waals surface area contributed by atoms with Crippen LogP contribution in [-0.4, -0.2) is 37.6 Å². The number of hydrogen-bond donors (Lipinski definition) is 2. The fourth-order valence-electron chi connectivity index (χ4n) is 4.80. The molecule has 0 saturated heterocycles. The SMILES string of the molecule is CC(=O)N1CCn2cc(C(=O)Nc3cc(Cl)cc(NS(C)(=O)=O)c3)cc2-c2c(OCc3cc(F)cc(F)c3)cccc21. The van der Waals surface area contributed by atoms with Crippen LogP contribution in [0.3, 0.4) is 0 Å². The minimum absolute atomic E-state index is 0.141. The molecular formula is C29H25ClF2N4O5S. The first kappa shape index (κ1) is 29.1. The third-order valence-corrected chi connectivity index (χ3v) is 7.25. The highest BCUT2D eigenvalue weighted by molar-refractivity contribution is 7.92. The Kier molecular flexibility index (Phi) is 7.93. The van der Waals surface area contributed by atoms with Crippen LogP contribution in [-0.2, 0) is 28.0 Å². The summed E-state index contributed by atoms with van der Waals surface area (Å²) in [5.74, 6) is -1.79. The molecule has 1 aromatic heterocycles. The van der Waals surface area contributed by atoms with E-state index in [9.17, 15) is 26.8 Å². The molecule has 0 spiro atoms. The topological polar surface area (TPSA) is 110 Å². The molecule has 42 heavy (non-hydrogen) atoms. The van der Waals surface area contributed by atoms with Crippen LogP contribution in [0, 0.1) is 11.6 Å². The van der Waals surface area contributed by atoms with E-state index in [-0.39, 0.29) is 40.0 Å². The van der Waals surface area contributed by atoms with E-state index in [0.29, 0.717) is 35.8 Å². The van der Waals surface area contributed by atoms with Crippen LogP contribution in [0.15, 0.2) is 66.9 Å². The molecule has 0 atom stereocenters. The van der Waals surface area contributed by atoms with Gasteiger partial charge >= 0.3 is 0 Å². The summed E-state index contributed by atoms with van der Waals surface area (Å²) >= 11 is 6.14. The number of carbonyl (C=O) groups excluding carboxylic acids is 2. The van der Waals surface area contributed by atoms with Gasteiger partial charge in [-0.1, -0.05) is 17.7 Å². The number of nitrogens with one attached hydrogen (secondary N) is 2. The molecule has 5 rings (SSSR count). The maximum atomic E-state index is 13.8. The van der Waals surface area contributed by atoms with Crippen molar-refractivity contribution in [3.63, 3.8) is 0 Å². The molecule has 9 nitrogen and oxygen atoms in total. The van der Waals surface area contributed by atoms with Crippen molar-refractivity contribution in [3.05, 3.63) is 94.6 Å². The van der Waals surface area contributed by atoms with E-state index in [1.54, 1.807) is 35.4 Å². The summed E-state index contributed by atoms with van der Waals surface area (Å²) in [5, 5.41) is 2.95. The maximum Gasteiger partial charge on any atom is 0.257 e. The van der Waals surface area contributed by atoms with Crippen molar-refractivity contribution in [1.29, 1.82) is 0 Å². The molecular weight excluding hydrogens is 590 g/mol. The van der Waals surface area contributed by atoms with Crippen LogP contribution in [0.4, 0.5) is 25.8 Å². The summed E-state index contributed by atoms with van der Waals surface area (Å²) in [7, 11) is -3.57. The van der Waals surface area contributed by atoms with Gasteiger partial charge in [0.25, 0.3) is 5.91 Å². The molecule has 0 saturated carbocycles. The molecule has 0 bridgehead atoms. The van der Waals surface area contributed by atoms with E-state index in [1.165, 1.54) is 37.3 Å². The second-order valence-electron chi connectivity index (χ2n) is 9.75. The zero-order valence-electron chi connectivity index (χ0n) is 22.4. The average molecular weight is 615 g/mol. The fourth-order valence-corrected chi connectivity index (χ4v) is 5.58. The Morgan fingerprint density at radius 3 is 2.40 bits per heavy atom. The molecule has 0 fully saturated rings. The summed E-state index contributed by atoms with van der Waals surface area (Å²) in [5.41, 5.74) is 2.70. The maximum absolute atomic E-state index is 13.8. The molecule has 2 amide bonds. The van der Waals surface area contributed by atoms with E-state index >= 15 is 0 Å². The van der Waals surface area contributed by atoms with Crippen molar-refractivity contribution in [2.24, 2.45) is 0 Å². The molecule has 13 heteroatoms. The Morgan fingerprint density at radius 2 is 1.71 bits per heavy atom. The lowest BCUT2D eigenvalue weighted by Gasteiger charge is -2.22. The second kappa shape index (κ2) is 11.5. The van der Waals surface area contributed by atoms with Crippen molar-refractivity contribution in [3.8, 4) is 17.0 Å². The van der Waals surface area contributed by atoms with Crippen molar-refractivity contribution in [1.82, 2.24) is 4.57 Å². The van der Waals surface area contributed by atoms with Gasteiger partial charge in [-0.15, -0.1) is 0 Å². The zero-order valence-corrected chi connectivity index (χ0v) is 24.0. The summed E-state index contributed by atoms with van der Waals surface area (Å²) in [6.07, 6.45) is 2.64. The van der Waals surface area contributed by atoms with E-state index in [2.05, 4.69) is 10.0 Å². The van der Waals surface area contributed by atoms with Gasteiger partial charge in [0.05, 0.1) is 34.5 Å². The number of halogens is 3. The second-order valence-corrected chi connectivity index (χ2v) is 11.9. The van der Waals surface area contributed by atoms with E-state index in [1.807, 2.05) is 4.57 Å². The zero-order chi connectivity index (χ0) is 30.2. The van der Waals surface area contributed by atoms with Crippen LogP contribution in [0.5, 0.6) is 5.75 Å². The summed E-state index contributed by atoms with van der Waals surface area (Å²) in [4.78, 5) is 27.4. The quantitative estimate of drug-likeness (QED) is 0.279. The molecule has 1 aliphatic heterocycles. The third kappa shape index (κ3) is 6.55. The summed E-state index contributed by atoms with van der Waals surface area (Å²) < 4.78 is 61.0. The number of carbonyl (C=O) groups is 2. The lowest BCUT2D eigenvalue weighted by Crippen LogP contribution is -2.30. The molecule has 0 radical (unpaired) electrons. The molecule has 1 aliphatic rings. The van der Waals surface area contributed by atoms with Crippen LogP contribution in [0.1, 0.15) is 22.8 Å². The van der Waals surface area contributed by atoms with Crippen molar-refractivity contribution in [2.45, 2.75) is 20.1 Å². The van der Waals surface area contributed by atoms with Crippen LogP contribution >= 0.6 is 11.6 Å². The number of aromatic nitrogens is 1. The number of rotatable bonds is 7. The number of ether oxygens (including phenoxy) is 1. The summed E-state index contributed by atoms with van der Waals surface area (Å²) in [6, 6.07) is 14.2. The first-order valence-corrected chi connectivity index (χ1v) is 14.9. The lowest BCUT2D eigenvalue weighted by atomic mass is 10.1. The Balaban J connectivity index is 1.49. The van der Waals surface area contributed by atoms with Gasteiger partial charge in [-0.25, -0.2) is 17.2 Å². The number of sulfonamides is 1. The first-order chi connectivity index (χ1) is 19.9. The first-order valence-electron chi connectivity index (χ1n) is 12.7. The normalized spacial score (nSPS) is 12.6. The van der Waals surface area contributed by atoms with Crippen LogP contribution in [0.25, 0.3) is 11.3 Å². The highest BCUT2D eigenvalue weighted by atomic mass is 35.5. The Morgan fingerprint density at radius 1 is 1.00 bits per heavy atom. The molecule has 0 unspecified atom stereocenters. The van der Waals surface area contributed by atoms with Crippen molar-refractivity contribution < 1.29 is 31.5 Å². The number of hydrogen-bond acceptors (Lipinski definition) is 5. The number of anilines is 3. The van der Waals surface area contributed by atoms with Crippen molar-refractivity contribution >= 4 is 50.5 Å². The Bertz CT molecular complexity index is 1810. The van der Waals surface area contributed by atoms with Gasteiger partial charge in [-0.05, 0) is 54.1 Å². The smallest absolute Gasteiger partial charge is 0.257 e. The van der Waals surface area contributed by atoms with Gasteiger partial charge in [0, 0.05) is 43.0 Å². The molecule has 0 aliphatic carbocycles. The molecule has 218 valence electrons. The van der Waals surface area contributed by atoms with Gasteiger partial charge in [0.15, 0.2) is 0 Å². The van der Waals surface area contributed by atoms with Gasteiger partial charge in [0.1, 0.15) is 24.0 Å². The predicted octanol–water partition coefficient (Wildman–Crippen LogP) is 5.66. The molecule has 4 aromatic rings. The third-order valence-electron chi connectivity index (χ3n) is 6.43.